The number of hydrogen-bond acceptors (Lipinski definition) is 2. The Balaban J connectivity index is 2.17. The lowest BCUT2D eigenvalue weighted by molar-refractivity contribution is 0.415. The van der Waals surface area contributed by atoms with Gasteiger partial charge in [-0.3, -0.25) is 0 Å². The Morgan fingerprint density at radius 3 is 2.30 bits per heavy atom. The van der Waals surface area contributed by atoms with Gasteiger partial charge in [0.15, 0.2) is 0 Å². The molecule has 2 aromatic rings. The lowest BCUT2D eigenvalue weighted by Crippen LogP contribution is -2.21. The number of benzene rings is 2. The summed E-state index contributed by atoms with van der Waals surface area (Å²) in [5.74, 6) is 0.703. The van der Waals surface area contributed by atoms with Crippen molar-refractivity contribution < 1.29 is 4.74 Å². The van der Waals surface area contributed by atoms with Crippen LogP contribution in [0.4, 0.5) is 0 Å². The van der Waals surface area contributed by atoms with Crippen molar-refractivity contribution in [2.45, 2.75) is 26.4 Å². The smallest absolute Gasteiger partial charge is 0.138 e. The van der Waals surface area contributed by atoms with E-state index < -0.39 is 0 Å². The van der Waals surface area contributed by atoms with E-state index in [9.17, 15) is 0 Å². The normalized spacial score (nSPS) is 10.8. The molecular formula is C17H20ClNO. The molecule has 2 nitrogen and oxygen atoms in total. The molecule has 0 aromatic heterocycles. The topological polar surface area (TPSA) is 21.3 Å². The lowest BCUT2D eigenvalue weighted by Gasteiger charge is -2.10. The van der Waals surface area contributed by atoms with Gasteiger partial charge in [-0.15, -0.1) is 0 Å². The van der Waals surface area contributed by atoms with Crippen molar-refractivity contribution in [3.8, 4) is 16.9 Å². The Morgan fingerprint density at radius 2 is 1.70 bits per heavy atom. The van der Waals surface area contributed by atoms with Crippen LogP contribution in [0.25, 0.3) is 11.1 Å². The van der Waals surface area contributed by atoms with Crippen LogP contribution in [-0.2, 0) is 6.54 Å². The van der Waals surface area contributed by atoms with Crippen molar-refractivity contribution in [1.29, 1.82) is 0 Å². The molecule has 0 saturated heterocycles. The van der Waals surface area contributed by atoms with Crippen LogP contribution >= 0.6 is 11.6 Å². The third-order valence-corrected chi connectivity index (χ3v) is 3.47. The molecular weight excluding hydrogens is 270 g/mol. The molecule has 0 aliphatic rings. The maximum Gasteiger partial charge on any atom is 0.138 e. The lowest BCUT2D eigenvalue weighted by atomic mass is 10.0. The highest BCUT2D eigenvalue weighted by molar-refractivity contribution is 6.32. The second-order valence-corrected chi connectivity index (χ2v) is 5.49. The van der Waals surface area contributed by atoms with E-state index in [1.807, 2.05) is 18.2 Å². The molecule has 0 aliphatic heterocycles. The van der Waals surface area contributed by atoms with Gasteiger partial charge in [-0.25, -0.2) is 0 Å². The number of halogens is 1. The fourth-order valence-corrected chi connectivity index (χ4v) is 2.17. The van der Waals surface area contributed by atoms with E-state index in [0.717, 1.165) is 17.7 Å². The number of rotatable bonds is 5. The average Bonchev–Trinajstić information content (AvgIpc) is 2.46. The first-order valence-electron chi connectivity index (χ1n) is 6.76. The Bertz CT molecular complexity index is 564. The van der Waals surface area contributed by atoms with Gasteiger partial charge < -0.3 is 10.1 Å². The monoisotopic (exact) mass is 289 g/mol. The van der Waals surface area contributed by atoms with E-state index in [2.05, 4.69) is 43.4 Å². The minimum Gasteiger partial charge on any atom is -0.495 e. The Labute approximate surface area is 125 Å². The molecule has 2 rings (SSSR count). The molecule has 0 saturated carbocycles. The summed E-state index contributed by atoms with van der Waals surface area (Å²) in [5.41, 5.74) is 3.55. The third-order valence-electron chi connectivity index (χ3n) is 3.15. The molecule has 0 atom stereocenters. The predicted molar refractivity (Wildman–Crippen MR) is 85.4 cm³/mol. The third kappa shape index (κ3) is 3.75. The van der Waals surface area contributed by atoms with Crippen molar-refractivity contribution >= 4 is 11.6 Å². The number of methoxy groups -OCH3 is 1. The largest absolute Gasteiger partial charge is 0.495 e. The van der Waals surface area contributed by atoms with Gasteiger partial charge in [-0.2, -0.15) is 0 Å². The van der Waals surface area contributed by atoms with Crippen LogP contribution in [-0.4, -0.2) is 13.2 Å². The first kappa shape index (κ1) is 14.9. The zero-order valence-electron chi connectivity index (χ0n) is 12.1. The van der Waals surface area contributed by atoms with E-state index in [-0.39, 0.29) is 0 Å². The molecule has 2 aromatic carbocycles. The molecule has 0 unspecified atom stereocenters. The molecule has 0 fully saturated rings. The van der Waals surface area contributed by atoms with Crippen molar-refractivity contribution in [3.05, 3.63) is 53.1 Å². The van der Waals surface area contributed by atoms with Gasteiger partial charge in [0, 0.05) is 12.6 Å². The summed E-state index contributed by atoms with van der Waals surface area (Å²) in [5, 5.41) is 4.04. The summed E-state index contributed by atoms with van der Waals surface area (Å²) in [7, 11) is 1.63. The molecule has 0 radical (unpaired) electrons. The van der Waals surface area contributed by atoms with Gasteiger partial charge in [0.05, 0.1) is 12.1 Å². The molecule has 20 heavy (non-hydrogen) atoms. The number of nitrogens with one attached hydrogen (secondary N) is 1. The zero-order chi connectivity index (χ0) is 14.5. The standard InChI is InChI=1S/C17H20ClNO/c1-12(2)19-11-13-4-6-14(7-5-13)15-8-9-16(18)17(10-15)20-3/h4-10,12,19H,11H2,1-3H3. The molecule has 1 N–H and O–H groups in total. The second-order valence-electron chi connectivity index (χ2n) is 5.08. The fraction of sp³-hybridized carbons (Fsp3) is 0.294. The molecule has 106 valence electrons. The van der Waals surface area contributed by atoms with Crippen LogP contribution in [0.15, 0.2) is 42.5 Å². The average molecular weight is 290 g/mol. The van der Waals surface area contributed by atoms with Crippen molar-refractivity contribution in [2.24, 2.45) is 0 Å². The van der Waals surface area contributed by atoms with Gasteiger partial charge in [0.25, 0.3) is 0 Å². The maximum atomic E-state index is 6.05. The molecule has 0 amide bonds. The Morgan fingerprint density at radius 1 is 1.05 bits per heavy atom. The highest BCUT2D eigenvalue weighted by atomic mass is 35.5. The van der Waals surface area contributed by atoms with Gasteiger partial charge in [-0.05, 0) is 28.8 Å². The van der Waals surface area contributed by atoms with Crippen LogP contribution in [0.1, 0.15) is 19.4 Å². The van der Waals surface area contributed by atoms with Gasteiger partial charge in [-0.1, -0.05) is 55.8 Å². The van der Waals surface area contributed by atoms with Gasteiger partial charge in [0.2, 0.25) is 0 Å². The van der Waals surface area contributed by atoms with Crippen LogP contribution in [0.3, 0.4) is 0 Å². The first-order valence-corrected chi connectivity index (χ1v) is 7.14. The Hall–Kier alpha value is -1.51. The summed E-state index contributed by atoms with van der Waals surface area (Å²) in [6.45, 7) is 5.19. The van der Waals surface area contributed by atoms with E-state index in [0.29, 0.717) is 16.8 Å². The fourth-order valence-electron chi connectivity index (χ4n) is 1.98. The highest BCUT2D eigenvalue weighted by Gasteiger charge is 2.04. The minimum absolute atomic E-state index is 0.496. The van der Waals surface area contributed by atoms with Crippen LogP contribution in [0.5, 0.6) is 5.75 Å². The SMILES string of the molecule is COc1cc(-c2ccc(CNC(C)C)cc2)ccc1Cl. The summed E-state index contributed by atoms with van der Waals surface area (Å²) in [4.78, 5) is 0. The molecule has 0 aliphatic carbocycles. The molecule has 0 heterocycles. The van der Waals surface area contributed by atoms with Gasteiger partial charge >= 0.3 is 0 Å². The zero-order valence-corrected chi connectivity index (χ0v) is 12.9. The van der Waals surface area contributed by atoms with E-state index in [1.54, 1.807) is 7.11 Å². The molecule has 0 spiro atoms. The predicted octanol–water partition coefficient (Wildman–Crippen LogP) is 4.51. The maximum absolute atomic E-state index is 6.05. The van der Waals surface area contributed by atoms with E-state index in [1.165, 1.54) is 5.56 Å². The van der Waals surface area contributed by atoms with E-state index >= 15 is 0 Å². The summed E-state index contributed by atoms with van der Waals surface area (Å²) < 4.78 is 5.25. The van der Waals surface area contributed by atoms with Gasteiger partial charge in [0.1, 0.15) is 5.75 Å². The van der Waals surface area contributed by atoms with Crippen molar-refractivity contribution in [1.82, 2.24) is 5.32 Å². The highest BCUT2D eigenvalue weighted by Crippen LogP contribution is 2.30. The quantitative estimate of drug-likeness (QED) is 0.874. The summed E-state index contributed by atoms with van der Waals surface area (Å²) in [6, 6.07) is 14.9. The van der Waals surface area contributed by atoms with Crippen LogP contribution < -0.4 is 10.1 Å². The second kappa shape index (κ2) is 6.78. The molecule has 3 heteroatoms. The first-order chi connectivity index (χ1) is 9.60. The van der Waals surface area contributed by atoms with Crippen molar-refractivity contribution in [3.63, 3.8) is 0 Å². The molecule has 0 bridgehead atoms. The summed E-state index contributed by atoms with van der Waals surface area (Å²) in [6.07, 6.45) is 0. The minimum atomic E-state index is 0.496. The van der Waals surface area contributed by atoms with E-state index in [4.69, 9.17) is 16.3 Å². The number of hydrogen-bond donors (Lipinski definition) is 1. The Kier molecular flexibility index (Phi) is 5.05. The van der Waals surface area contributed by atoms with Crippen LogP contribution in [0, 0.1) is 0 Å². The summed E-state index contributed by atoms with van der Waals surface area (Å²) >= 11 is 6.05. The van der Waals surface area contributed by atoms with Crippen LogP contribution in [0.2, 0.25) is 5.02 Å². The number of ether oxygens (including phenoxy) is 1. The van der Waals surface area contributed by atoms with Crippen molar-refractivity contribution in [2.75, 3.05) is 7.11 Å².